The highest BCUT2D eigenvalue weighted by molar-refractivity contribution is 9.10. The summed E-state index contributed by atoms with van der Waals surface area (Å²) >= 11 is 3.43. The Hall–Kier alpha value is -1.17. The van der Waals surface area contributed by atoms with Gasteiger partial charge in [-0.3, -0.25) is 0 Å². The lowest BCUT2D eigenvalue weighted by molar-refractivity contribution is 0.286. The zero-order valence-electron chi connectivity index (χ0n) is 10.9. The number of nitrogens with zero attached hydrogens (tertiary/aromatic N) is 2. The third kappa shape index (κ3) is 3.89. The Morgan fingerprint density at radius 1 is 1.32 bits per heavy atom. The monoisotopic (exact) mass is 323 g/mol. The summed E-state index contributed by atoms with van der Waals surface area (Å²) in [5, 5.41) is 16.6. The van der Waals surface area contributed by atoms with Crippen molar-refractivity contribution in [3.63, 3.8) is 0 Å². The van der Waals surface area contributed by atoms with E-state index in [0.717, 1.165) is 35.4 Å². The van der Waals surface area contributed by atoms with E-state index in [9.17, 15) is 0 Å². The first kappa shape index (κ1) is 14.2. The SMILES string of the molecule is Cc1nn(-c2ccc(Br)cc2)cc1CNCCCO. The van der Waals surface area contributed by atoms with Gasteiger partial charge >= 0.3 is 0 Å². The molecule has 5 heteroatoms. The van der Waals surface area contributed by atoms with Gasteiger partial charge in [0, 0.05) is 29.4 Å². The fraction of sp³-hybridized carbons (Fsp3) is 0.357. The van der Waals surface area contributed by atoms with Gasteiger partial charge < -0.3 is 10.4 Å². The van der Waals surface area contributed by atoms with Crippen LogP contribution in [0.5, 0.6) is 0 Å². The number of aliphatic hydroxyl groups is 1. The number of hydrogen-bond acceptors (Lipinski definition) is 3. The summed E-state index contributed by atoms with van der Waals surface area (Å²) in [6, 6.07) is 8.07. The first-order valence-corrected chi connectivity index (χ1v) is 7.12. The number of rotatable bonds is 6. The van der Waals surface area contributed by atoms with E-state index in [4.69, 9.17) is 5.11 Å². The fourth-order valence-electron chi connectivity index (χ4n) is 1.82. The van der Waals surface area contributed by atoms with Crippen LogP contribution in [-0.4, -0.2) is 28.0 Å². The molecule has 0 atom stereocenters. The van der Waals surface area contributed by atoms with Gasteiger partial charge in [0.25, 0.3) is 0 Å². The molecule has 0 aliphatic rings. The molecule has 0 bridgehead atoms. The molecule has 2 aromatic rings. The standard InChI is InChI=1S/C14H18BrN3O/c1-11-12(9-16-7-2-8-19)10-18(17-11)14-5-3-13(15)4-6-14/h3-6,10,16,19H,2,7-9H2,1H3. The molecule has 2 N–H and O–H groups in total. The van der Waals surface area contributed by atoms with E-state index in [0.29, 0.717) is 0 Å². The van der Waals surface area contributed by atoms with Gasteiger partial charge in [-0.2, -0.15) is 5.10 Å². The molecule has 0 aliphatic carbocycles. The maximum Gasteiger partial charge on any atom is 0.0646 e. The second-order valence-electron chi connectivity index (χ2n) is 4.41. The molecule has 0 spiro atoms. The molecule has 102 valence electrons. The molecular weight excluding hydrogens is 306 g/mol. The molecule has 0 fully saturated rings. The van der Waals surface area contributed by atoms with Gasteiger partial charge in [-0.15, -0.1) is 0 Å². The zero-order chi connectivity index (χ0) is 13.7. The van der Waals surface area contributed by atoms with Gasteiger partial charge in [-0.25, -0.2) is 4.68 Å². The average Bonchev–Trinajstić information content (AvgIpc) is 2.77. The van der Waals surface area contributed by atoms with Crippen molar-refractivity contribution in [3.8, 4) is 5.69 Å². The van der Waals surface area contributed by atoms with Crippen LogP contribution in [-0.2, 0) is 6.54 Å². The van der Waals surface area contributed by atoms with Crippen LogP contribution in [0.15, 0.2) is 34.9 Å². The number of aliphatic hydroxyl groups excluding tert-OH is 1. The fourth-order valence-corrected chi connectivity index (χ4v) is 2.09. The van der Waals surface area contributed by atoms with Crippen molar-refractivity contribution < 1.29 is 5.11 Å². The molecule has 1 aromatic heterocycles. The molecule has 0 saturated carbocycles. The molecule has 0 aliphatic heterocycles. The molecule has 1 heterocycles. The van der Waals surface area contributed by atoms with Gasteiger partial charge in [0.2, 0.25) is 0 Å². The van der Waals surface area contributed by atoms with Gasteiger partial charge in [-0.05, 0) is 44.2 Å². The summed E-state index contributed by atoms with van der Waals surface area (Å²) in [6.07, 6.45) is 2.82. The molecule has 19 heavy (non-hydrogen) atoms. The topological polar surface area (TPSA) is 50.1 Å². The van der Waals surface area contributed by atoms with E-state index >= 15 is 0 Å². The predicted molar refractivity (Wildman–Crippen MR) is 79.4 cm³/mol. The highest BCUT2D eigenvalue weighted by atomic mass is 79.9. The Morgan fingerprint density at radius 2 is 2.05 bits per heavy atom. The summed E-state index contributed by atoms with van der Waals surface area (Å²) in [4.78, 5) is 0. The Balaban J connectivity index is 2.05. The van der Waals surface area contributed by atoms with Crippen molar-refractivity contribution >= 4 is 15.9 Å². The van der Waals surface area contributed by atoms with Gasteiger partial charge in [-0.1, -0.05) is 15.9 Å². The van der Waals surface area contributed by atoms with Crippen LogP contribution < -0.4 is 5.32 Å². The molecule has 0 radical (unpaired) electrons. The number of hydrogen-bond donors (Lipinski definition) is 2. The third-order valence-corrected chi connectivity index (χ3v) is 3.45. The van der Waals surface area contributed by atoms with Crippen LogP contribution >= 0.6 is 15.9 Å². The molecule has 1 aromatic carbocycles. The van der Waals surface area contributed by atoms with E-state index in [2.05, 4.69) is 26.3 Å². The van der Waals surface area contributed by atoms with Crippen LogP contribution in [0.1, 0.15) is 17.7 Å². The normalized spacial score (nSPS) is 10.9. The summed E-state index contributed by atoms with van der Waals surface area (Å²) in [6.45, 7) is 3.84. The zero-order valence-corrected chi connectivity index (χ0v) is 12.5. The van der Waals surface area contributed by atoms with Crippen molar-refractivity contribution in [1.29, 1.82) is 0 Å². The highest BCUT2D eigenvalue weighted by Gasteiger charge is 2.05. The molecule has 2 rings (SSSR count). The van der Waals surface area contributed by atoms with Gasteiger partial charge in [0.1, 0.15) is 0 Å². The third-order valence-electron chi connectivity index (χ3n) is 2.92. The summed E-state index contributed by atoms with van der Waals surface area (Å²) in [5.41, 5.74) is 3.26. The molecular formula is C14H18BrN3O. The van der Waals surface area contributed by atoms with E-state index in [1.165, 1.54) is 5.56 Å². The van der Waals surface area contributed by atoms with Gasteiger partial charge in [0.05, 0.1) is 11.4 Å². The molecule has 4 nitrogen and oxygen atoms in total. The first-order valence-electron chi connectivity index (χ1n) is 6.33. The minimum absolute atomic E-state index is 0.226. The van der Waals surface area contributed by atoms with Crippen LogP contribution in [0.2, 0.25) is 0 Å². The van der Waals surface area contributed by atoms with Crippen molar-refractivity contribution in [2.75, 3.05) is 13.2 Å². The number of aryl methyl sites for hydroxylation is 1. The second kappa shape index (κ2) is 6.84. The summed E-state index contributed by atoms with van der Waals surface area (Å²) < 4.78 is 2.95. The Bertz CT molecular complexity index is 522. The number of benzene rings is 1. The van der Waals surface area contributed by atoms with Crippen molar-refractivity contribution in [2.45, 2.75) is 19.9 Å². The van der Waals surface area contributed by atoms with Crippen LogP contribution in [0.25, 0.3) is 5.69 Å². The maximum absolute atomic E-state index is 8.73. The van der Waals surface area contributed by atoms with Gasteiger partial charge in [0.15, 0.2) is 0 Å². The Morgan fingerprint density at radius 3 is 2.74 bits per heavy atom. The van der Waals surface area contributed by atoms with E-state index in [1.54, 1.807) is 0 Å². The molecule has 0 saturated heterocycles. The minimum atomic E-state index is 0.226. The number of halogens is 1. The van der Waals surface area contributed by atoms with E-state index in [-0.39, 0.29) is 6.61 Å². The number of aromatic nitrogens is 2. The van der Waals surface area contributed by atoms with E-state index < -0.39 is 0 Å². The number of nitrogens with one attached hydrogen (secondary N) is 1. The average molecular weight is 324 g/mol. The quantitative estimate of drug-likeness (QED) is 0.803. The largest absolute Gasteiger partial charge is 0.396 e. The van der Waals surface area contributed by atoms with Crippen LogP contribution in [0.4, 0.5) is 0 Å². The van der Waals surface area contributed by atoms with Crippen LogP contribution in [0, 0.1) is 6.92 Å². The Labute approximate surface area is 121 Å². The van der Waals surface area contributed by atoms with E-state index in [1.807, 2.05) is 42.1 Å². The summed E-state index contributed by atoms with van der Waals surface area (Å²) in [5.74, 6) is 0. The smallest absolute Gasteiger partial charge is 0.0646 e. The van der Waals surface area contributed by atoms with Crippen molar-refractivity contribution in [1.82, 2.24) is 15.1 Å². The van der Waals surface area contributed by atoms with Crippen molar-refractivity contribution in [2.24, 2.45) is 0 Å². The predicted octanol–water partition coefficient (Wildman–Crippen LogP) is 2.42. The maximum atomic E-state index is 8.73. The minimum Gasteiger partial charge on any atom is -0.396 e. The lowest BCUT2D eigenvalue weighted by Gasteiger charge is -2.02. The Kier molecular flexibility index (Phi) is 5.13. The van der Waals surface area contributed by atoms with Crippen molar-refractivity contribution in [3.05, 3.63) is 46.2 Å². The lowest BCUT2D eigenvalue weighted by Crippen LogP contribution is -2.15. The molecule has 0 amide bonds. The first-order chi connectivity index (χ1) is 9.20. The lowest BCUT2D eigenvalue weighted by atomic mass is 10.2. The second-order valence-corrected chi connectivity index (χ2v) is 5.33. The highest BCUT2D eigenvalue weighted by Crippen LogP contribution is 2.15. The molecule has 0 unspecified atom stereocenters. The van der Waals surface area contributed by atoms with Crippen LogP contribution in [0.3, 0.4) is 0 Å². The summed E-state index contributed by atoms with van der Waals surface area (Å²) in [7, 11) is 0.